The van der Waals surface area contributed by atoms with E-state index in [-0.39, 0.29) is 25.4 Å². The molecular formula is C22H46O5. The quantitative estimate of drug-likeness (QED) is 0.326. The van der Waals surface area contributed by atoms with E-state index in [9.17, 15) is 10.2 Å². The summed E-state index contributed by atoms with van der Waals surface area (Å²) in [6, 6.07) is 0. The minimum atomic E-state index is -0.312. The third-order valence-electron chi connectivity index (χ3n) is 5.24. The fourth-order valence-electron chi connectivity index (χ4n) is 2.98. The highest BCUT2D eigenvalue weighted by Crippen LogP contribution is 2.15. The average Bonchev–Trinajstić information content (AvgIpc) is 2.70. The molecule has 0 aromatic rings. The maximum absolute atomic E-state index is 9.51. The van der Waals surface area contributed by atoms with Crippen molar-refractivity contribution in [3.8, 4) is 0 Å². The van der Waals surface area contributed by atoms with E-state index in [0.717, 1.165) is 12.8 Å². The van der Waals surface area contributed by atoms with Crippen molar-refractivity contribution >= 4 is 0 Å². The lowest BCUT2D eigenvalue weighted by molar-refractivity contribution is -0.0905. The van der Waals surface area contributed by atoms with Gasteiger partial charge < -0.3 is 24.4 Å². The summed E-state index contributed by atoms with van der Waals surface area (Å²) in [5, 5.41) is 19.0. The first-order valence-electron chi connectivity index (χ1n) is 11.2. The molecule has 0 amide bonds. The maximum Gasteiger partial charge on any atom is 0.104 e. The Hall–Kier alpha value is -0.200. The molecule has 27 heavy (non-hydrogen) atoms. The second-order valence-electron chi connectivity index (χ2n) is 7.65. The zero-order chi connectivity index (χ0) is 20.3. The van der Waals surface area contributed by atoms with Gasteiger partial charge in [0.15, 0.2) is 0 Å². The zero-order valence-corrected chi connectivity index (χ0v) is 18.3. The van der Waals surface area contributed by atoms with E-state index in [1.165, 1.54) is 38.5 Å². The lowest BCUT2D eigenvalue weighted by Crippen LogP contribution is -2.31. The number of ether oxygens (including phenoxy) is 3. The average molecular weight is 391 g/mol. The summed E-state index contributed by atoms with van der Waals surface area (Å²) in [6.45, 7) is 10.6. The number of unbranched alkanes of at least 4 members (excludes halogenated alkanes) is 2. The van der Waals surface area contributed by atoms with Gasteiger partial charge in [-0.25, -0.2) is 0 Å². The normalized spacial score (nSPS) is 16.2. The molecule has 5 nitrogen and oxygen atoms in total. The lowest BCUT2D eigenvalue weighted by Gasteiger charge is -2.23. The molecule has 0 radical (unpaired) electrons. The monoisotopic (exact) mass is 390 g/mol. The molecule has 0 aliphatic rings. The number of hydrogen-bond acceptors (Lipinski definition) is 5. The van der Waals surface area contributed by atoms with E-state index in [0.29, 0.717) is 38.3 Å². The van der Waals surface area contributed by atoms with Gasteiger partial charge in [-0.3, -0.25) is 0 Å². The molecule has 4 unspecified atom stereocenters. The van der Waals surface area contributed by atoms with Crippen LogP contribution >= 0.6 is 0 Å². The highest BCUT2D eigenvalue weighted by molar-refractivity contribution is 4.63. The number of rotatable bonds is 20. The van der Waals surface area contributed by atoms with E-state index in [2.05, 4.69) is 27.7 Å². The summed E-state index contributed by atoms with van der Waals surface area (Å²) in [5.41, 5.74) is 0. The molecule has 0 aromatic carbocycles. The Balaban J connectivity index is 4.07. The molecule has 0 saturated carbocycles. The molecular weight excluding hydrogens is 344 g/mol. The zero-order valence-electron chi connectivity index (χ0n) is 18.3. The SMILES string of the molecule is CCCCC(CC)COC(CO)COCC(CO)OCC(CC)CCCC. The third-order valence-corrected chi connectivity index (χ3v) is 5.24. The van der Waals surface area contributed by atoms with Crippen LogP contribution in [-0.2, 0) is 14.2 Å². The van der Waals surface area contributed by atoms with Crippen molar-refractivity contribution in [2.75, 3.05) is 39.6 Å². The Bertz CT molecular complexity index is 272. The van der Waals surface area contributed by atoms with Crippen LogP contribution in [0.25, 0.3) is 0 Å². The van der Waals surface area contributed by atoms with Crippen molar-refractivity contribution in [3.63, 3.8) is 0 Å². The van der Waals surface area contributed by atoms with Crippen LogP contribution in [0.2, 0.25) is 0 Å². The van der Waals surface area contributed by atoms with Gasteiger partial charge >= 0.3 is 0 Å². The van der Waals surface area contributed by atoms with E-state index < -0.39 is 0 Å². The second kappa shape index (κ2) is 19.1. The standard InChI is InChI=1S/C22H46O5/c1-5-9-11-19(7-3)15-26-21(13-23)17-25-18-22(14-24)27-16-20(8-4)12-10-6-2/h19-24H,5-18H2,1-4H3. The molecule has 0 spiro atoms. The third kappa shape index (κ3) is 14.5. The van der Waals surface area contributed by atoms with Gasteiger partial charge in [-0.05, 0) is 24.7 Å². The van der Waals surface area contributed by atoms with Crippen LogP contribution in [0.5, 0.6) is 0 Å². The molecule has 0 bridgehead atoms. The maximum atomic E-state index is 9.51. The first-order valence-corrected chi connectivity index (χ1v) is 11.2. The highest BCUT2D eigenvalue weighted by atomic mass is 16.6. The van der Waals surface area contributed by atoms with Crippen LogP contribution in [0.15, 0.2) is 0 Å². The summed E-state index contributed by atoms with van der Waals surface area (Å²) < 4.78 is 17.3. The van der Waals surface area contributed by atoms with Gasteiger partial charge in [-0.1, -0.05) is 66.2 Å². The Morgan fingerprint density at radius 1 is 0.630 bits per heavy atom. The van der Waals surface area contributed by atoms with Crippen LogP contribution in [0.4, 0.5) is 0 Å². The topological polar surface area (TPSA) is 68.2 Å². The fourth-order valence-corrected chi connectivity index (χ4v) is 2.98. The molecule has 2 N–H and O–H groups in total. The number of hydrogen-bond donors (Lipinski definition) is 2. The summed E-state index contributed by atoms with van der Waals surface area (Å²) in [4.78, 5) is 0. The minimum absolute atomic E-state index is 0.0518. The van der Waals surface area contributed by atoms with Gasteiger partial charge in [0, 0.05) is 13.2 Å². The summed E-state index contributed by atoms with van der Waals surface area (Å²) in [7, 11) is 0. The predicted octanol–water partition coefficient (Wildman–Crippen LogP) is 4.19. The highest BCUT2D eigenvalue weighted by Gasteiger charge is 2.16. The Morgan fingerprint density at radius 2 is 1.04 bits per heavy atom. The minimum Gasteiger partial charge on any atom is -0.394 e. The van der Waals surface area contributed by atoms with Gasteiger partial charge in [-0.15, -0.1) is 0 Å². The van der Waals surface area contributed by atoms with Crippen LogP contribution in [-0.4, -0.2) is 62.1 Å². The predicted molar refractivity (Wildman–Crippen MR) is 111 cm³/mol. The number of aliphatic hydroxyl groups excluding tert-OH is 2. The van der Waals surface area contributed by atoms with Crippen molar-refractivity contribution in [2.24, 2.45) is 11.8 Å². The molecule has 0 aromatic heterocycles. The van der Waals surface area contributed by atoms with Crippen LogP contribution in [0.1, 0.15) is 79.1 Å². The van der Waals surface area contributed by atoms with Crippen LogP contribution in [0, 0.1) is 11.8 Å². The Morgan fingerprint density at radius 3 is 1.33 bits per heavy atom. The molecule has 0 heterocycles. The summed E-state index contributed by atoms with van der Waals surface area (Å²) in [5.74, 6) is 1.09. The largest absolute Gasteiger partial charge is 0.394 e. The van der Waals surface area contributed by atoms with Crippen molar-refractivity contribution < 1.29 is 24.4 Å². The lowest BCUT2D eigenvalue weighted by atomic mass is 10.0. The van der Waals surface area contributed by atoms with Gasteiger partial charge in [0.1, 0.15) is 12.2 Å². The van der Waals surface area contributed by atoms with E-state index in [4.69, 9.17) is 14.2 Å². The van der Waals surface area contributed by atoms with E-state index in [1.54, 1.807) is 0 Å². The van der Waals surface area contributed by atoms with Gasteiger partial charge in [0.2, 0.25) is 0 Å². The van der Waals surface area contributed by atoms with Gasteiger partial charge in [-0.2, -0.15) is 0 Å². The molecule has 164 valence electrons. The second-order valence-corrected chi connectivity index (χ2v) is 7.65. The van der Waals surface area contributed by atoms with Crippen molar-refractivity contribution in [2.45, 2.75) is 91.3 Å². The van der Waals surface area contributed by atoms with E-state index >= 15 is 0 Å². The molecule has 0 aliphatic heterocycles. The smallest absolute Gasteiger partial charge is 0.104 e. The Labute approximate surface area is 167 Å². The molecule has 4 atom stereocenters. The van der Waals surface area contributed by atoms with Crippen molar-refractivity contribution in [3.05, 3.63) is 0 Å². The summed E-state index contributed by atoms with van der Waals surface area (Å²) >= 11 is 0. The van der Waals surface area contributed by atoms with E-state index in [1.807, 2.05) is 0 Å². The van der Waals surface area contributed by atoms with Crippen LogP contribution < -0.4 is 0 Å². The number of aliphatic hydroxyl groups is 2. The molecule has 0 fully saturated rings. The fraction of sp³-hybridized carbons (Fsp3) is 1.00. The van der Waals surface area contributed by atoms with Crippen molar-refractivity contribution in [1.29, 1.82) is 0 Å². The van der Waals surface area contributed by atoms with Gasteiger partial charge in [0.05, 0.1) is 26.4 Å². The van der Waals surface area contributed by atoms with Crippen LogP contribution in [0.3, 0.4) is 0 Å². The first kappa shape index (κ1) is 26.8. The molecule has 0 rings (SSSR count). The Kier molecular flexibility index (Phi) is 19.0. The summed E-state index contributed by atoms with van der Waals surface area (Å²) in [6.07, 6.45) is 8.73. The van der Waals surface area contributed by atoms with Gasteiger partial charge in [0.25, 0.3) is 0 Å². The molecule has 5 heteroatoms. The molecule has 0 aliphatic carbocycles. The first-order chi connectivity index (χ1) is 13.1. The van der Waals surface area contributed by atoms with Crippen molar-refractivity contribution in [1.82, 2.24) is 0 Å². The molecule has 0 saturated heterocycles.